The number of hydrogen-bond acceptors (Lipinski definition) is 5. The average molecular weight is 345 g/mol. The van der Waals surface area contributed by atoms with E-state index in [1.807, 2.05) is 36.2 Å². The van der Waals surface area contributed by atoms with Crippen LogP contribution in [0.2, 0.25) is 0 Å². The van der Waals surface area contributed by atoms with Crippen LogP contribution >= 0.6 is 0 Å². The smallest absolute Gasteiger partial charge is 0.229 e. The zero-order chi connectivity index (χ0) is 17.8. The zero-order valence-electron chi connectivity index (χ0n) is 15.0. The summed E-state index contributed by atoms with van der Waals surface area (Å²) in [5.74, 6) is 1.45. The maximum absolute atomic E-state index is 4.64. The summed E-state index contributed by atoms with van der Waals surface area (Å²) in [4.78, 5) is 13.5. The molecule has 1 aliphatic rings. The second-order valence-electron chi connectivity index (χ2n) is 6.50. The van der Waals surface area contributed by atoms with Gasteiger partial charge in [0.15, 0.2) is 0 Å². The second kappa shape index (κ2) is 7.44. The van der Waals surface area contributed by atoms with E-state index >= 15 is 0 Å². The molecule has 1 N–H and O–H groups in total. The largest absolute Gasteiger partial charge is 0.372 e. The van der Waals surface area contributed by atoms with Gasteiger partial charge in [-0.05, 0) is 55.3 Å². The van der Waals surface area contributed by atoms with Crippen molar-refractivity contribution in [3.63, 3.8) is 0 Å². The summed E-state index contributed by atoms with van der Waals surface area (Å²) < 4.78 is 0. The van der Waals surface area contributed by atoms with Gasteiger partial charge in [0.25, 0.3) is 0 Å². The van der Waals surface area contributed by atoms with Gasteiger partial charge in [0, 0.05) is 43.4 Å². The number of rotatable bonds is 5. The number of aromatic nitrogens is 2. The van der Waals surface area contributed by atoms with Crippen LogP contribution < -0.4 is 15.1 Å². The Labute approximate surface area is 154 Å². The molecule has 0 atom stereocenters. The minimum Gasteiger partial charge on any atom is -0.372 e. The van der Waals surface area contributed by atoms with Crippen LogP contribution in [0.4, 0.5) is 28.8 Å². The first-order valence-electron chi connectivity index (χ1n) is 9.03. The van der Waals surface area contributed by atoms with Crippen LogP contribution in [0.25, 0.3) is 0 Å². The lowest BCUT2D eigenvalue weighted by Gasteiger charge is -2.19. The van der Waals surface area contributed by atoms with Gasteiger partial charge >= 0.3 is 0 Å². The summed E-state index contributed by atoms with van der Waals surface area (Å²) in [6, 6.07) is 20.6. The van der Waals surface area contributed by atoms with Crippen molar-refractivity contribution in [1.82, 2.24) is 9.97 Å². The fraction of sp³-hybridized carbons (Fsp3) is 0.238. The van der Waals surface area contributed by atoms with Crippen LogP contribution in [0, 0.1) is 0 Å². The molecule has 1 fully saturated rings. The molecule has 3 aromatic rings. The lowest BCUT2D eigenvalue weighted by atomic mass is 10.2. The van der Waals surface area contributed by atoms with Gasteiger partial charge in [0.2, 0.25) is 5.95 Å². The first-order chi connectivity index (χ1) is 12.8. The van der Waals surface area contributed by atoms with E-state index < -0.39 is 0 Å². The SMILES string of the molecule is CN(c1ccccc1)c1ccnc(Nc2ccc(N3CCCC3)cc2)n1. The van der Waals surface area contributed by atoms with Crippen LogP contribution in [0.15, 0.2) is 66.9 Å². The van der Waals surface area contributed by atoms with Gasteiger partial charge in [-0.25, -0.2) is 4.98 Å². The van der Waals surface area contributed by atoms with Gasteiger partial charge < -0.3 is 15.1 Å². The first kappa shape index (κ1) is 16.4. The van der Waals surface area contributed by atoms with Gasteiger partial charge in [-0.3, -0.25) is 0 Å². The summed E-state index contributed by atoms with van der Waals surface area (Å²) in [5.41, 5.74) is 3.37. The second-order valence-corrected chi connectivity index (χ2v) is 6.50. The molecule has 1 aromatic heterocycles. The molecule has 5 nitrogen and oxygen atoms in total. The maximum atomic E-state index is 4.64. The Kier molecular flexibility index (Phi) is 4.69. The number of hydrogen-bond donors (Lipinski definition) is 1. The maximum Gasteiger partial charge on any atom is 0.229 e. The molecule has 26 heavy (non-hydrogen) atoms. The van der Waals surface area contributed by atoms with Crippen LogP contribution in [-0.2, 0) is 0 Å². The van der Waals surface area contributed by atoms with Gasteiger partial charge in [0.1, 0.15) is 5.82 Å². The fourth-order valence-electron chi connectivity index (χ4n) is 3.24. The van der Waals surface area contributed by atoms with E-state index in [1.54, 1.807) is 6.20 Å². The van der Waals surface area contributed by atoms with E-state index in [9.17, 15) is 0 Å². The standard InChI is InChI=1S/C21H23N5/c1-25(18-7-3-2-4-8-18)20-13-14-22-21(24-20)23-17-9-11-19(12-10-17)26-15-5-6-16-26/h2-4,7-14H,5-6,15-16H2,1H3,(H,22,23,24). The molecule has 2 heterocycles. The van der Waals surface area contributed by atoms with E-state index in [-0.39, 0.29) is 0 Å². The van der Waals surface area contributed by atoms with Crippen molar-refractivity contribution in [3.8, 4) is 0 Å². The van der Waals surface area contributed by atoms with Crippen molar-refractivity contribution in [2.45, 2.75) is 12.8 Å². The minimum atomic E-state index is 0.596. The highest BCUT2D eigenvalue weighted by Gasteiger charge is 2.12. The molecule has 0 spiro atoms. The Balaban J connectivity index is 1.48. The quantitative estimate of drug-likeness (QED) is 0.733. The van der Waals surface area contributed by atoms with Crippen molar-refractivity contribution in [3.05, 3.63) is 66.9 Å². The molecule has 0 bridgehead atoms. The number of nitrogens with one attached hydrogen (secondary N) is 1. The predicted molar refractivity (Wildman–Crippen MR) is 108 cm³/mol. The van der Waals surface area contributed by atoms with Crippen LogP contribution in [0.3, 0.4) is 0 Å². The monoisotopic (exact) mass is 345 g/mol. The molecule has 4 rings (SSSR count). The molecule has 2 aromatic carbocycles. The van der Waals surface area contributed by atoms with E-state index in [0.29, 0.717) is 5.95 Å². The van der Waals surface area contributed by atoms with E-state index in [0.717, 1.165) is 30.3 Å². The van der Waals surface area contributed by atoms with E-state index in [2.05, 4.69) is 56.6 Å². The number of nitrogens with zero attached hydrogens (tertiary/aromatic N) is 4. The summed E-state index contributed by atoms with van der Waals surface area (Å²) in [6.45, 7) is 2.31. The molecular weight excluding hydrogens is 322 g/mol. The third-order valence-corrected chi connectivity index (χ3v) is 4.72. The lowest BCUT2D eigenvalue weighted by Crippen LogP contribution is -2.17. The average Bonchev–Trinajstić information content (AvgIpc) is 3.24. The fourth-order valence-corrected chi connectivity index (χ4v) is 3.24. The van der Waals surface area contributed by atoms with Gasteiger partial charge in [-0.15, -0.1) is 0 Å². The molecule has 1 saturated heterocycles. The van der Waals surface area contributed by atoms with Crippen LogP contribution in [0.5, 0.6) is 0 Å². The minimum absolute atomic E-state index is 0.596. The molecule has 5 heteroatoms. The van der Waals surface area contributed by atoms with E-state index in [4.69, 9.17) is 0 Å². The number of benzene rings is 2. The van der Waals surface area contributed by atoms with Crippen molar-refractivity contribution in [1.29, 1.82) is 0 Å². The Bertz CT molecular complexity index is 842. The third kappa shape index (κ3) is 3.61. The summed E-state index contributed by atoms with van der Waals surface area (Å²) >= 11 is 0. The molecule has 0 saturated carbocycles. The molecule has 0 amide bonds. The van der Waals surface area contributed by atoms with Gasteiger partial charge in [0.05, 0.1) is 0 Å². The third-order valence-electron chi connectivity index (χ3n) is 4.72. The summed E-state index contributed by atoms with van der Waals surface area (Å²) in [7, 11) is 2.01. The zero-order valence-corrected chi connectivity index (χ0v) is 15.0. The van der Waals surface area contributed by atoms with Crippen molar-refractivity contribution in [2.24, 2.45) is 0 Å². The highest BCUT2D eigenvalue weighted by Crippen LogP contribution is 2.25. The number of para-hydroxylation sites is 1. The van der Waals surface area contributed by atoms with Crippen molar-refractivity contribution >= 4 is 28.8 Å². The normalized spacial score (nSPS) is 13.7. The summed E-state index contributed by atoms with van der Waals surface area (Å²) in [5, 5.41) is 3.30. The van der Waals surface area contributed by atoms with Crippen LogP contribution in [0.1, 0.15) is 12.8 Å². The van der Waals surface area contributed by atoms with Crippen molar-refractivity contribution in [2.75, 3.05) is 35.3 Å². The van der Waals surface area contributed by atoms with Gasteiger partial charge in [-0.1, -0.05) is 18.2 Å². The van der Waals surface area contributed by atoms with Gasteiger partial charge in [-0.2, -0.15) is 4.98 Å². The Morgan fingerprint density at radius 2 is 1.65 bits per heavy atom. The lowest BCUT2D eigenvalue weighted by molar-refractivity contribution is 0.949. The topological polar surface area (TPSA) is 44.3 Å². The Morgan fingerprint density at radius 1 is 0.923 bits per heavy atom. The first-order valence-corrected chi connectivity index (χ1v) is 9.03. The number of anilines is 5. The highest BCUT2D eigenvalue weighted by molar-refractivity contribution is 5.63. The molecule has 132 valence electrons. The van der Waals surface area contributed by atoms with Crippen molar-refractivity contribution < 1.29 is 0 Å². The Morgan fingerprint density at radius 3 is 2.38 bits per heavy atom. The predicted octanol–water partition coefficient (Wildman–Crippen LogP) is 4.59. The molecule has 0 aliphatic carbocycles. The van der Waals surface area contributed by atoms with E-state index in [1.165, 1.54) is 18.5 Å². The summed E-state index contributed by atoms with van der Waals surface area (Å²) in [6.07, 6.45) is 4.35. The Hall–Kier alpha value is -3.08. The molecule has 1 aliphatic heterocycles. The van der Waals surface area contributed by atoms with Crippen LogP contribution in [-0.4, -0.2) is 30.1 Å². The molecule has 0 radical (unpaired) electrons. The molecule has 0 unspecified atom stereocenters. The molecular formula is C21H23N5. The highest BCUT2D eigenvalue weighted by atomic mass is 15.2.